The van der Waals surface area contributed by atoms with Gasteiger partial charge in [-0.05, 0) is 55.9 Å². The van der Waals surface area contributed by atoms with Crippen LogP contribution >= 0.6 is 11.8 Å². The minimum atomic E-state index is -0.960. The van der Waals surface area contributed by atoms with Gasteiger partial charge in [-0.25, -0.2) is 9.59 Å². The van der Waals surface area contributed by atoms with Crippen molar-refractivity contribution in [2.45, 2.75) is 44.2 Å². The van der Waals surface area contributed by atoms with Gasteiger partial charge in [-0.1, -0.05) is 0 Å². The highest BCUT2D eigenvalue weighted by Gasteiger charge is 2.42. The highest BCUT2D eigenvalue weighted by Crippen LogP contribution is 2.44. The Labute approximate surface area is 117 Å². The van der Waals surface area contributed by atoms with E-state index in [1.54, 1.807) is 11.8 Å². The predicted octanol–water partition coefficient (Wildman–Crippen LogP) is 1.68. The van der Waals surface area contributed by atoms with Gasteiger partial charge in [0.25, 0.3) is 0 Å². The molecular formula is C13H22N2O3S. The van der Waals surface area contributed by atoms with Crippen LogP contribution in [0.15, 0.2) is 0 Å². The Balaban J connectivity index is 1.78. The topological polar surface area (TPSA) is 78.4 Å². The minimum absolute atomic E-state index is 0.259. The third-order valence-corrected chi connectivity index (χ3v) is 4.42. The number of thioether (sulfide) groups is 1. The van der Waals surface area contributed by atoms with Crippen LogP contribution in [0.2, 0.25) is 0 Å². The molecule has 6 heteroatoms. The number of carbonyl (C=O) groups is 2. The van der Waals surface area contributed by atoms with Crippen molar-refractivity contribution < 1.29 is 14.7 Å². The number of carbonyl (C=O) groups excluding carboxylic acids is 1. The van der Waals surface area contributed by atoms with E-state index in [4.69, 9.17) is 5.11 Å². The quantitative estimate of drug-likeness (QED) is 0.634. The summed E-state index contributed by atoms with van der Waals surface area (Å²) < 4.78 is 0. The fourth-order valence-electron chi connectivity index (χ4n) is 2.38. The summed E-state index contributed by atoms with van der Waals surface area (Å²) in [5.74, 6) is 1.00. The lowest BCUT2D eigenvalue weighted by atomic mass is 10.1. The van der Waals surface area contributed by atoms with Gasteiger partial charge in [0.2, 0.25) is 0 Å². The molecule has 2 aliphatic carbocycles. The van der Waals surface area contributed by atoms with Gasteiger partial charge in [0.05, 0.1) is 0 Å². The average molecular weight is 286 g/mol. The first-order chi connectivity index (χ1) is 9.11. The van der Waals surface area contributed by atoms with Crippen molar-refractivity contribution in [2.75, 3.05) is 12.0 Å². The van der Waals surface area contributed by atoms with Crippen LogP contribution in [-0.2, 0) is 4.79 Å². The molecule has 0 radical (unpaired) electrons. The number of carboxylic acid groups (broad SMARTS) is 1. The molecule has 2 fully saturated rings. The van der Waals surface area contributed by atoms with Crippen molar-refractivity contribution in [3.05, 3.63) is 0 Å². The number of urea groups is 1. The number of nitrogens with one attached hydrogen (secondary N) is 2. The molecule has 0 bridgehead atoms. The summed E-state index contributed by atoms with van der Waals surface area (Å²) in [7, 11) is 0. The summed E-state index contributed by atoms with van der Waals surface area (Å²) in [6.07, 6.45) is 7.15. The molecule has 0 aliphatic heterocycles. The van der Waals surface area contributed by atoms with E-state index in [0.29, 0.717) is 18.3 Å². The lowest BCUT2D eigenvalue weighted by molar-refractivity contribution is -0.139. The molecule has 3 N–H and O–H groups in total. The molecule has 0 aromatic carbocycles. The van der Waals surface area contributed by atoms with Gasteiger partial charge in [0, 0.05) is 6.04 Å². The summed E-state index contributed by atoms with van der Waals surface area (Å²) >= 11 is 1.58. The Morgan fingerprint density at radius 2 is 1.79 bits per heavy atom. The molecule has 0 heterocycles. The molecule has 0 saturated heterocycles. The Morgan fingerprint density at radius 3 is 2.21 bits per heavy atom. The van der Waals surface area contributed by atoms with Crippen LogP contribution < -0.4 is 10.6 Å². The van der Waals surface area contributed by atoms with Crippen molar-refractivity contribution in [3.8, 4) is 0 Å². The van der Waals surface area contributed by atoms with E-state index in [-0.39, 0.29) is 12.1 Å². The number of hydrogen-bond donors (Lipinski definition) is 3. The molecule has 2 amide bonds. The fourth-order valence-corrected chi connectivity index (χ4v) is 2.85. The zero-order chi connectivity index (χ0) is 13.8. The van der Waals surface area contributed by atoms with Gasteiger partial charge >= 0.3 is 12.0 Å². The standard InChI is InChI=1S/C13H22N2O3S/c1-19-7-6-10(12(16)17)14-13(18)15-11(8-2-3-8)9-4-5-9/h8-11H,2-7H2,1H3,(H,16,17)(H2,14,15,18). The Bertz CT molecular complexity index is 331. The number of aliphatic carboxylic acids is 1. The van der Waals surface area contributed by atoms with Crippen LogP contribution in [0.1, 0.15) is 32.1 Å². The second-order valence-corrected chi connectivity index (χ2v) is 6.48. The van der Waals surface area contributed by atoms with Gasteiger partial charge in [-0.2, -0.15) is 11.8 Å². The monoisotopic (exact) mass is 286 g/mol. The van der Waals surface area contributed by atoms with Crippen LogP contribution in [0.25, 0.3) is 0 Å². The number of carboxylic acids is 1. The Morgan fingerprint density at radius 1 is 1.21 bits per heavy atom. The van der Waals surface area contributed by atoms with E-state index in [0.717, 1.165) is 5.75 Å². The average Bonchev–Trinajstić information content (AvgIpc) is 3.24. The highest BCUT2D eigenvalue weighted by atomic mass is 32.2. The number of hydrogen-bond acceptors (Lipinski definition) is 3. The molecule has 0 aromatic rings. The molecule has 108 valence electrons. The summed E-state index contributed by atoms with van der Waals surface area (Å²) in [6.45, 7) is 0. The Hall–Kier alpha value is -0.910. The second-order valence-electron chi connectivity index (χ2n) is 5.49. The summed E-state index contributed by atoms with van der Waals surface area (Å²) in [5.41, 5.74) is 0. The van der Waals surface area contributed by atoms with Gasteiger partial charge in [0.1, 0.15) is 6.04 Å². The van der Waals surface area contributed by atoms with Crippen molar-refractivity contribution in [2.24, 2.45) is 11.8 Å². The first-order valence-electron chi connectivity index (χ1n) is 6.90. The van der Waals surface area contributed by atoms with Crippen molar-refractivity contribution in [1.82, 2.24) is 10.6 Å². The lowest BCUT2D eigenvalue weighted by Gasteiger charge is -2.20. The summed E-state index contributed by atoms with van der Waals surface area (Å²) in [5, 5.41) is 14.6. The van der Waals surface area contributed by atoms with Crippen molar-refractivity contribution in [3.63, 3.8) is 0 Å². The first kappa shape index (κ1) is 14.5. The lowest BCUT2D eigenvalue weighted by Crippen LogP contribution is -2.50. The van der Waals surface area contributed by atoms with Gasteiger partial charge in [-0.15, -0.1) is 0 Å². The highest BCUT2D eigenvalue weighted by molar-refractivity contribution is 7.98. The molecule has 5 nitrogen and oxygen atoms in total. The predicted molar refractivity (Wildman–Crippen MR) is 75.3 cm³/mol. The summed E-state index contributed by atoms with van der Waals surface area (Å²) in [6, 6.07) is -0.848. The van der Waals surface area contributed by atoms with Crippen LogP contribution in [0.4, 0.5) is 4.79 Å². The molecule has 2 aliphatic rings. The molecule has 2 saturated carbocycles. The molecule has 2 rings (SSSR count). The van der Waals surface area contributed by atoms with E-state index in [2.05, 4.69) is 10.6 Å². The van der Waals surface area contributed by atoms with E-state index < -0.39 is 12.0 Å². The zero-order valence-corrected chi connectivity index (χ0v) is 12.0. The first-order valence-corrected chi connectivity index (χ1v) is 8.30. The van der Waals surface area contributed by atoms with E-state index in [1.165, 1.54) is 25.7 Å². The van der Waals surface area contributed by atoms with Crippen LogP contribution in [0.3, 0.4) is 0 Å². The smallest absolute Gasteiger partial charge is 0.326 e. The molecule has 0 aromatic heterocycles. The molecule has 0 spiro atoms. The van der Waals surface area contributed by atoms with E-state index >= 15 is 0 Å². The number of rotatable bonds is 8. The van der Waals surface area contributed by atoms with Crippen LogP contribution in [-0.4, -0.2) is 41.2 Å². The maximum atomic E-state index is 11.9. The molecule has 1 unspecified atom stereocenters. The van der Waals surface area contributed by atoms with Gasteiger partial charge in [-0.3, -0.25) is 0 Å². The molecular weight excluding hydrogens is 264 g/mol. The molecule has 19 heavy (non-hydrogen) atoms. The third kappa shape index (κ3) is 4.60. The molecule has 1 atom stereocenters. The summed E-state index contributed by atoms with van der Waals surface area (Å²) in [4.78, 5) is 23.0. The van der Waals surface area contributed by atoms with Crippen molar-refractivity contribution in [1.29, 1.82) is 0 Å². The number of amides is 2. The van der Waals surface area contributed by atoms with E-state index in [9.17, 15) is 9.59 Å². The van der Waals surface area contributed by atoms with E-state index in [1.807, 2.05) is 6.26 Å². The normalized spacial score (nSPS) is 20.1. The zero-order valence-electron chi connectivity index (χ0n) is 11.2. The fraction of sp³-hybridized carbons (Fsp3) is 0.846. The van der Waals surface area contributed by atoms with Gasteiger partial charge in [0.15, 0.2) is 0 Å². The largest absolute Gasteiger partial charge is 0.480 e. The van der Waals surface area contributed by atoms with Crippen LogP contribution in [0.5, 0.6) is 0 Å². The van der Waals surface area contributed by atoms with Crippen LogP contribution in [0, 0.1) is 11.8 Å². The maximum absolute atomic E-state index is 11.9. The SMILES string of the molecule is CSCCC(NC(=O)NC(C1CC1)C1CC1)C(=O)O. The van der Waals surface area contributed by atoms with Gasteiger partial charge < -0.3 is 15.7 Å². The second kappa shape index (κ2) is 6.50. The Kier molecular flexibility index (Phi) is 4.96. The third-order valence-electron chi connectivity index (χ3n) is 3.77. The minimum Gasteiger partial charge on any atom is -0.480 e. The maximum Gasteiger partial charge on any atom is 0.326 e. The van der Waals surface area contributed by atoms with Crippen molar-refractivity contribution >= 4 is 23.8 Å².